The average Bonchev–Trinajstić information content (AvgIpc) is 3.00. The third-order valence-electron chi connectivity index (χ3n) is 8.39. The van der Waals surface area contributed by atoms with E-state index in [1.54, 1.807) is 30.3 Å². The molecule has 3 rings (SSSR count). The van der Waals surface area contributed by atoms with E-state index in [1.807, 2.05) is 19.9 Å². The smallest absolute Gasteiger partial charge is 0.243 e. The van der Waals surface area contributed by atoms with Gasteiger partial charge in [-0.3, -0.25) is 9.59 Å². The highest BCUT2D eigenvalue weighted by Crippen LogP contribution is 2.29. The van der Waals surface area contributed by atoms with Gasteiger partial charge in [0.1, 0.15) is 12.1 Å². The number of benzene rings is 2. The second-order valence-corrected chi connectivity index (χ2v) is 15.1. The van der Waals surface area contributed by atoms with Gasteiger partial charge in [0.05, 0.1) is 28.7 Å². The standard InChI is InChI=1S/C35H47ClN2O6S/c1-4-12-30(35(42)38-31(21-26-15-9-6-10-16-26)33(40)32(39)19-24(2)3)37-34(41)27(20-25-13-7-5-8-14-25)23-45(43,44)29-18-11-17-28(36)22-29/h1,5,7-8,11,13-14,17-18,22,24,26-27,30-33,39-40H,6,9-10,12,15-16,19-21,23H2,2-3H3,(H,37,41)(H,38,42)/t27-,30+,31+,32+,33-/m1/s1. The Morgan fingerprint density at radius 1 is 1.00 bits per heavy atom. The topological polar surface area (TPSA) is 133 Å². The molecule has 1 fully saturated rings. The molecule has 1 saturated carbocycles. The van der Waals surface area contributed by atoms with Crippen LogP contribution in [0.25, 0.3) is 0 Å². The van der Waals surface area contributed by atoms with Crippen LogP contribution >= 0.6 is 11.6 Å². The Labute approximate surface area is 273 Å². The first-order chi connectivity index (χ1) is 21.4. The molecule has 0 aromatic heterocycles. The van der Waals surface area contributed by atoms with Gasteiger partial charge >= 0.3 is 0 Å². The molecule has 0 unspecified atom stereocenters. The van der Waals surface area contributed by atoms with E-state index < -0.39 is 57.6 Å². The summed E-state index contributed by atoms with van der Waals surface area (Å²) in [6.45, 7) is 3.89. The molecule has 0 radical (unpaired) electrons. The van der Waals surface area contributed by atoms with Gasteiger partial charge in [0.2, 0.25) is 11.8 Å². The molecule has 2 aromatic carbocycles. The lowest BCUT2D eigenvalue weighted by molar-refractivity contribution is -0.132. The average molecular weight is 659 g/mol. The molecule has 0 saturated heterocycles. The number of aliphatic hydroxyl groups is 2. The van der Waals surface area contributed by atoms with E-state index in [9.17, 15) is 28.2 Å². The molecule has 10 heteroatoms. The number of hydrogen-bond donors (Lipinski definition) is 4. The van der Waals surface area contributed by atoms with Crippen molar-refractivity contribution in [2.45, 2.75) is 101 Å². The normalized spacial score (nSPS) is 17.4. The summed E-state index contributed by atoms with van der Waals surface area (Å²) >= 11 is 6.05. The lowest BCUT2D eigenvalue weighted by Gasteiger charge is -2.33. The third-order valence-corrected chi connectivity index (χ3v) is 10.4. The third kappa shape index (κ3) is 11.8. The zero-order valence-electron chi connectivity index (χ0n) is 26.2. The second kappa shape index (κ2) is 17.7. The Balaban J connectivity index is 1.82. The van der Waals surface area contributed by atoms with Crippen LogP contribution in [0, 0.1) is 30.1 Å². The second-order valence-electron chi connectivity index (χ2n) is 12.6. The molecule has 8 nitrogen and oxygen atoms in total. The van der Waals surface area contributed by atoms with Gasteiger partial charge in [-0.05, 0) is 54.9 Å². The number of rotatable bonds is 16. The minimum absolute atomic E-state index is 0.00160. The quantitative estimate of drug-likeness (QED) is 0.193. The number of nitrogens with one attached hydrogen (secondary N) is 2. The fraction of sp³-hybridized carbons (Fsp3) is 0.543. The van der Waals surface area contributed by atoms with Crippen molar-refractivity contribution < 1.29 is 28.2 Å². The summed E-state index contributed by atoms with van der Waals surface area (Å²) in [7, 11) is -3.93. The number of sulfone groups is 1. The fourth-order valence-electron chi connectivity index (χ4n) is 6.00. The number of aliphatic hydroxyl groups excluding tert-OH is 2. The highest BCUT2D eigenvalue weighted by Gasteiger charge is 2.34. The molecule has 246 valence electrons. The van der Waals surface area contributed by atoms with Gasteiger partial charge in [-0.15, -0.1) is 12.3 Å². The summed E-state index contributed by atoms with van der Waals surface area (Å²) in [5.41, 5.74) is 0.756. The van der Waals surface area contributed by atoms with Crippen LogP contribution in [-0.4, -0.2) is 60.5 Å². The molecule has 5 atom stereocenters. The Morgan fingerprint density at radius 2 is 1.69 bits per heavy atom. The first-order valence-electron chi connectivity index (χ1n) is 15.8. The zero-order valence-corrected chi connectivity index (χ0v) is 27.8. The van der Waals surface area contributed by atoms with Gasteiger partial charge in [0, 0.05) is 11.4 Å². The minimum Gasteiger partial charge on any atom is -0.390 e. The van der Waals surface area contributed by atoms with Crippen molar-refractivity contribution >= 4 is 33.3 Å². The lowest BCUT2D eigenvalue weighted by Crippen LogP contribution is -2.56. The molecule has 2 amide bonds. The molecule has 1 aliphatic carbocycles. The monoisotopic (exact) mass is 658 g/mol. The van der Waals surface area contributed by atoms with Crippen molar-refractivity contribution in [1.82, 2.24) is 10.6 Å². The predicted molar refractivity (Wildman–Crippen MR) is 177 cm³/mol. The molecule has 0 bridgehead atoms. The Morgan fingerprint density at radius 3 is 2.31 bits per heavy atom. The van der Waals surface area contributed by atoms with E-state index >= 15 is 0 Å². The Bertz CT molecular complexity index is 1390. The van der Waals surface area contributed by atoms with Gasteiger partial charge < -0.3 is 20.8 Å². The van der Waals surface area contributed by atoms with Crippen LogP contribution in [-0.2, 0) is 25.8 Å². The number of carbonyl (C=O) groups is 2. The van der Waals surface area contributed by atoms with Crippen molar-refractivity contribution in [3.63, 3.8) is 0 Å². The SMILES string of the molecule is C#CC[C@H](NC(=O)[C@H](Cc1ccccc1)CS(=O)(=O)c1cccc(Cl)c1)C(=O)N[C@@H](CC1CCCCC1)[C@@H](O)[C@@H](O)CC(C)C. The van der Waals surface area contributed by atoms with Crippen LogP contribution in [0.3, 0.4) is 0 Å². The predicted octanol–water partition coefficient (Wildman–Crippen LogP) is 4.70. The van der Waals surface area contributed by atoms with Crippen molar-refractivity contribution in [1.29, 1.82) is 0 Å². The van der Waals surface area contributed by atoms with E-state index in [1.165, 1.54) is 18.2 Å². The van der Waals surface area contributed by atoms with Crippen LogP contribution in [0.15, 0.2) is 59.5 Å². The number of carbonyl (C=O) groups excluding carboxylic acids is 2. The van der Waals surface area contributed by atoms with Crippen LogP contribution in [0.2, 0.25) is 5.02 Å². The van der Waals surface area contributed by atoms with Gasteiger partial charge in [-0.1, -0.05) is 94.0 Å². The number of terminal acetylenes is 1. The summed E-state index contributed by atoms with van der Waals surface area (Å²) in [6, 6.07) is 13.0. The van der Waals surface area contributed by atoms with E-state index in [0.29, 0.717) is 12.8 Å². The Kier molecular flexibility index (Phi) is 14.4. The highest BCUT2D eigenvalue weighted by molar-refractivity contribution is 7.91. The van der Waals surface area contributed by atoms with Crippen LogP contribution in [0.1, 0.15) is 70.8 Å². The Hall–Kier alpha value is -2.90. The van der Waals surface area contributed by atoms with Crippen molar-refractivity contribution in [2.75, 3.05) is 5.75 Å². The molecular formula is C35H47ClN2O6S. The number of halogens is 1. The first-order valence-corrected chi connectivity index (χ1v) is 17.8. The van der Waals surface area contributed by atoms with Crippen LogP contribution in [0.5, 0.6) is 0 Å². The summed E-state index contributed by atoms with van der Waals surface area (Å²) in [6.07, 6.45) is 9.45. The van der Waals surface area contributed by atoms with Crippen molar-refractivity contribution in [3.05, 3.63) is 65.2 Å². The molecule has 2 aromatic rings. The van der Waals surface area contributed by atoms with Gasteiger partial charge in [0.15, 0.2) is 9.84 Å². The summed E-state index contributed by atoms with van der Waals surface area (Å²) in [5.74, 6) is 0.0869. The van der Waals surface area contributed by atoms with Gasteiger partial charge in [-0.25, -0.2) is 8.42 Å². The van der Waals surface area contributed by atoms with Gasteiger partial charge in [0.25, 0.3) is 0 Å². The van der Waals surface area contributed by atoms with E-state index in [4.69, 9.17) is 18.0 Å². The molecule has 1 aliphatic rings. The maximum Gasteiger partial charge on any atom is 0.243 e. The fourth-order valence-corrected chi connectivity index (χ4v) is 7.84. The molecule has 0 aliphatic heterocycles. The van der Waals surface area contributed by atoms with Crippen LogP contribution < -0.4 is 10.6 Å². The van der Waals surface area contributed by atoms with Crippen molar-refractivity contribution in [2.24, 2.45) is 17.8 Å². The largest absolute Gasteiger partial charge is 0.390 e. The first kappa shape index (κ1) is 36.6. The summed E-state index contributed by atoms with van der Waals surface area (Å²) < 4.78 is 26.8. The molecular weight excluding hydrogens is 612 g/mol. The molecule has 45 heavy (non-hydrogen) atoms. The van der Waals surface area contributed by atoms with E-state index in [2.05, 4.69) is 16.6 Å². The number of hydrogen-bond acceptors (Lipinski definition) is 6. The summed E-state index contributed by atoms with van der Waals surface area (Å²) in [4.78, 5) is 27.4. The van der Waals surface area contributed by atoms with Crippen molar-refractivity contribution in [3.8, 4) is 12.3 Å². The van der Waals surface area contributed by atoms with Crippen LogP contribution in [0.4, 0.5) is 0 Å². The van der Waals surface area contributed by atoms with E-state index in [0.717, 1.165) is 37.7 Å². The molecule has 4 N–H and O–H groups in total. The van der Waals surface area contributed by atoms with E-state index in [-0.39, 0.29) is 34.6 Å². The lowest BCUT2D eigenvalue weighted by atomic mass is 9.82. The maximum absolute atomic E-state index is 13.7. The van der Waals surface area contributed by atoms with Gasteiger partial charge in [-0.2, -0.15) is 0 Å². The minimum atomic E-state index is -3.93. The summed E-state index contributed by atoms with van der Waals surface area (Å²) in [5, 5.41) is 27.7. The molecule has 0 spiro atoms. The number of amides is 2. The maximum atomic E-state index is 13.7. The zero-order chi connectivity index (χ0) is 33.0. The molecule has 0 heterocycles. The highest BCUT2D eigenvalue weighted by atomic mass is 35.5.